The van der Waals surface area contributed by atoms with Gasteiger partial charge in [-0.05, 0) is 75.7 Å². The minimum atomic E-state index is -2.48. The van der Waals surface area contributed by atoms with E-state index in [0.717, 1.165) is 6.92 Å². The van der Waals surface area contributed by atoms with Crippen molar-refractivity contribution in [2.24, 2.45) is 16.2 Å². The highest BCUT2D eigenvalue weighted by Crippen LogP contribution is 2.39. The Hall–Kier alpha value is -3.81. The molecule has 0 radical (unpaired) electrons. The van der Waals surface area contributed by atoms with E-state index < -0.39 is 106 Å². The Kier molecular flexibility index (Phi) is 16.9. The molecule has 0 saturated heterocycles. The van der Waals surface area contributed by atoms with Crippen LogP contribution in [0.2, 0.25) is 0 Å². The summed E-state index contributed by atoms with van der Waals surface area (Å²) in [6.45, 7) is 14.2. The van der Waals surface area contributed by atoms with Gasteiger partial charge in [0.2, 0.25) is 34.8 Å². The SMILES string of the molecule is C#CCCOC(C)(CC)C(=O)OCC(C)(COC(C)(C)C(C)(C)C(=O)OCC(C)(COC(C)C)C(=O)OCC)C(=O)Oc1c(F)c(F)c(F)c(F)c1F. The maximum Gasteiger partial charge on any atom is 0.338 e. The van der Waals surface area contributed by atoms with Crippen LogP contribution in [0.15, 0.2) is 0 Å². The van der Waals surface area contributed by atoms with Crippen molar-refractivity contribution in [3.8, 4) is 18.1 Å². The molecule has 1 aromatic carbocycles. The van der Waals surface area contributed by atoms with Gasteiger partial charge in [-0.15, -0.1) is 12.3 Å². The number of halogens is 5. The molecule has 16 heteroatoms. The minimum absolute atomic E-state index is 0.0261. The number of hydrogen-bond acceptors (Lipinski definition) is 11. The van der Waals surface area contributed by atoms with Gasteiger partial charge in [-0.1, -0.05) is 6.92 Å². The van der Waals surface area contributed by atoms with E-state index in [1.165, 1.54) is 41.5 Å². The molecule has 1 rings (SSSR count). The second kappa shape index (κ2) is 19.0. The minimum Gasteiger partial charge on any atom is -0.465 e. The van der Waals surface area contributed by atoms with Gasteiger partial charge in [-0.3, -0.25) is 14.4 Å². The van der Waals surface area contributed by atoms with Crippen LogP contribution in [-0.4, -0.2) is 80.8 Å². The van der Waals surface area contributed by atoms with E-state index >= 15 is 0 Å². The first-order valence-corrected chi connectivity index (χ1v) is 16.9. The van der Waals surface area contributed by atoms with Crippen LogP contribution in [0, 0.1) is 57.7 Å². The van der Waals surface area contributed by atoms with Gasteiger partial charge in [0, 0.05) is 6.42 Å². The van der Waals surface area contributed by atoms with Crippen LogP contribution in [0.3, 0.4) is 0 Å². The average Bonchev–Trinajstić information content (AvgIpc) is 3.10. The van der Waals surface area contributed by atoms with Gasteiger partial charge >= 0.3 is 23.9 Å². The molecule has 0 N–H and O–H groups in total. The molecule has 0 saturated carbocycles. The Labute approximate surface area is 307 Å². The van der Waals surface area contributed by atoms with E-state index in [1.807, 2.05) is 0 Å². The molecule has 53 heavy (non-hydrogen) atoms. The highest BCUT2D eigenvalue weighted by Gasteiger charge is 2.50. The lowest BCUT2D eigenvalue weighted by Crippen LogP contribution is -2.52. The molecule has 0 aliphatic rings. The number of benzene rings is 1. The monoisotopic (exact) mass is 766 g/mol. The lowest BCUT2D eigenvalue weighted by atomic mass is 9.76. The van der Waals surface area contributed by atoms with Gasteiger partial charge < -0.3 is 33.2 Å². The molecule has 1 aromatic rings. The van der Waals surface area contributed by atoms with Crippen LogP contribution in [0.1, 0.15) is 89.0 Å². The summed E-state index contributed by atoms with van der Waals surface area (Å²) in [6, 6.07) is 0. The zero-order valence-corrected chi connectivity index (χ0v) is 32.2. The fraction of sp³-hybridized carbons (Fsp3) is 0.676. The fourth-order valence-corrected chi connectivity index (χ4v) is 4.05. The summed E-state index contributed by atoms with van der Waals surface area (Å²) in [5.74, 6) is -15.7. The maximum absolute atomic E-state index is 14.5. The first kappa shape index (κ1) is 47.2. The zero-order chi connectivity index (χ0) is 41.2. The van der Waals surface area contributed by atoms with Crippen molar-refractivity contribution in [1.82, 2.24) is 0 Å². The Balaban J connectivity index is 3.46. The van der Waals surface area contributed by atoms with Gasteiger partial charge in [-0.25, -0.2) is 18.0 Å². The Morgan fingerprint density at radius 2 is 1.15 bits per heavy atom. The van der Waals surface area contributed by atoms with Crippen molar-refractivity contribution in [2.45, 2.75) is 106 Å². The van der Waals surface area contributed by atoms with E-state index in [1.54, 1.807) is 27.7 Å². The fourth-order valence-electron chi connectivity index (χ4n) is 4.05. The summed E-state index contributed by atoms with van der Waals surface area (Å²) < 4.78 is 109. The molecule has 0 heterocycles. The summed E-state index contributed by atoms with van der Waals surface area (Å²) >= 11 is 0. The molecule has 0 spiro atoms. The molecule has 0 aliphatic carbocycles. The van der Waals surface area contributed by atoms with Crippen molar-refractivity contribution in [2.75, 3.05) is 39.6 Å². The van der Waals surface area contributed by atoms with E-state index in [-0.39, 0.29) is 38.8 Å². The summed E-state index contributed by atoms with van der Waals surface area (Å²) in [5, 5.41) is 0. The predicted molar refractivity (Wildman–Crippen MR) is 180 cm³/mol. The molecular formula is C37H51F5O11. The standard InChI is InChI=1S/C37H51F5O11/c1-13-16-17-51-37(12,14-2)32(46)50-20-36(11,31(45)53-28-26(41)24(39)23(38)25(40)27(28)42)21-52-34(8,9)33(6,7)29(43)49-19-35(10,18-48-22(4)5)30(44)47-15-3/h1,22H,14-21H2,2-12H3. The lowest BCUT2D eigenvalue weighted by Gasteiger charge is -2.41. The van der Waals surface area contributed by atoms with Crippen LogP contribution in [-0.2, 0) is 47.6 Å². The number of esters is 4. The van der Waals surface area contributed by atoms with Crippen molar-refractivity contribution >= 4 is 23.9 Å². The summed E-state index contributed by atoms with van der Waals surface area (Å²) in [7, 11) is 0. The third-order valence-electron chi connectivity index (χ3n) is 8.94. The Morgan fingerprint density at radius 3 is 1.62 bits per heavy atom. The second-order valence-corrected chi connectivity index (χ2v) is 14.5. The van der Waals surface area contributed by atoms with E-state index in [9.17, 15) is 41.1 Å². The zero-order valence-electron chi connectivity index (χ0n) is 32.2. The van der Waals surface area contributed by atoms with Crippen molar-refractivity contribution in [3.05, 3.63) is 29.1 Å². The lowest BCUT2D eigenvalue weighted by molar-refractivity contribution is -0.192. The van der Waals surface area contributed by atoms with Crippen molar-refractivity contribution < 1.29 is 74.3 Å². The molecule has 0 fully saturated rings. The summed E-state index contributed by atoms with van der Waals surface area (Å²) in [6.07, 6.45) is 5.23. The number of carbonyl (C=O) groups excluding carboxylic acids is 4. The van der Waals surface area contributed by atoms with Gasteiger partial charge in [0.1, 0.15) is 24.0 Å². The molecule has 0 aliphatic heterocycles. The first-order chi connectivity index (χ1) is 24.3. The molecule has 300 valence electrons. The number of carbonyl (C=O) groups is 4. The van der Waals surface area contributed by atoms with Gasteiger partial charge in [0.15, 0.2) is 5.60 Å². The maximum atomic E-state index is 14.5. The normalized spacial score (nSPS) is 15.4. The van der Waals surface area contributed by atoms with Crippen LogP contribution >= 0.6 is 0 Å². The Morgan fingerprint density at radius 1 is 0.660 bits per heavy atom. The topological polar surface area (TPSA) is 133 Å². The first-order valence-electron chi connectivity index (χ1n) is 16.9. The quantitative estimate of drug-likeness (QED) is 0.0201. The van der Waals surface area contributed by atoms with Crippen LogP contribution in [0.5, 0.6) is 5.75 Å². The number of ether oxygens (including phenoxy) is 7. The molecule has 3 atom stereocenters. The predicted octanol–water partition coefficient (Wildman–Crippen LogP) is 6.40. The van der Waals surface area contributed by atoms with E-state index in [0.29, 0.717) is 0 Å². The molecule has 0 bridgehead atoms. The molecule has 11 nitrogen and oxygen atoms in total. The highest BCUT2D eigenvalue weighted by molar-refractivity contribution is 5.82. The second-order valence-electron chi connectivity index (χ2n) is 14.5. The van der Waals surface area contributed by atoms with Gasteiger partial charge in [-0.2, -0.15) is 8.78 Å². The third-order valence-corrected chi connectivity index (χ3v) is 8.94. The average molecular weight is 767 g/mol. The largest absolute Gasteiger partial charge is 0.465 e. The smallest absolute Gasteiger partial charge is 0.338 e. The van der Waals surface area contributed by atoms with Crippen LogP contribution in [0.25, 0.3) is 0 Å². The van der Waals surface area contributed by atoms with Crippen molar-refractivity contribution in [1.29, 1.82) is 0 Å². The number of hydrogen-bond donors (Lipinski definition) is 0. The van der Waals surface area contributed by atoms with Gasteiger partial charge in [0.25, 0.3) is 0 Å². The number of terminal acetylenes is 1. The summed E-state index contributed by atoms with van der Waals surface area (Å²) in [5.41, 5.74) is -8.28. The van der Waals surface area contributed by atoms with Crippen LogP contribution in [0.4, 0.5) is 22.0 Å². The Bertz CT molecular complexity index is 1490. The van der Waals surface area contributed by atoms with Crippen LogP contribution < -0.4 is 4.74 Å². The van der Waals surface area contributed by atoms with E-state index in [4.69, 9.17) is 39.6 Å². The van der Waals surface area contributed by atoms with E-state index in [2.05, 4.69) is 5.92 Å². The van der Waals surface area contributed by atoms with Gasteiger partial charge in [0.05, 0.1) is 43.5 Å². The third kappa shape index (κ3) is 11.6. The molecule has 3 unspecified atom stereocenters. The van der Waals surface area contributed by atoms with Crippen molar-refractivity contribution in [3.63, 3.8) is 0 Å². The molecule has 0 aromatic heterocycles. The molecular weight excluding hydrogens is 715 g/mol. The highest BCUT2D eigenvalue weighted by atomic mass is 19.2. The number of rotatable bonds is 21. The summed E-state index contributed by atoms with van der Waals surface area (Å²) in [4.78, 5) is 53.1. The molecule has 0 amide bonds.